The lowest BCUT2D eigenvalue weighted by Crippen LogP contribution is -2.22. The van der Waals surface area contributed by atoms with E-state index >= 15 is 0 Å². The minimum Gasteiger partial charge on any atom is -0.493 e. The van der Waals surface area contributed by atoms with E-state index in [1.165, 1.54) is 11.1 Å². The molecule has 0 bridgehead atoms. The van der Waals surface area contributed by atoms with Crippen molar-refractivity contribution < 1.29 is 4.74 Å². The second kappa shape index (κ2) is 7.09. The molecule has 0 aliphatic rings. The lowest BCUT2D eigenvalue weighted by molar-refractivity contribution is 0.400. The highest BCUT2D eigenvalue weighted by atomic mass is 79.9. The highest BCUT2D eigenvalue weighted by molar-refractivity contribution is 9.10. The van der Waals surface area contributed by atoms with Gasteiger partial charge < -0.3 is 10.1 Å². The van der Waals surface area contributed by atoms with E-state index in [2.05, 4.69) is 58.4 Å². The van der Waals surface area contributed by atoms with Gasteiger partial charge in [0.25, 0.3) is 0 Å². The molecule has 1 atom stereocenters. The lowest BCUT2D eigenvalue weighted by Gasteiger charge is -2.21. The Morgan fingerprint density at radius 2 is 2.19 bits per heavy atom. The maximum atomic E-state index is 5.50. The molecular weight excluding hydrogens is 330 g/mol. The van der Waals surface area contributed by atoms with Gasteiger partial charge in [-0.2, -0.15) is 5.10 Å². The number of aromatic nitrogens is 2. The van der Waals surface area contributed by atoms with E-state index in [0.29, 0.717) is 0 Å². The zero-order valence-electron chi connectivity index (χ0n) is 13.0. The number of methoxy groups -OCH3 is 1. The Hall–Kier alpha value is -1.33. The molecule has 0 aliphatic heterocycles. The van der Waals surface area contributed by atoms with Crippen LogP contribution in [0.3, 0.4) is 0 Å². The lowest BCUT2D eigenvalue weighted by atomic mass is 10.0. The zero-order valence-corrected chi connectivity index (χ0v) is 14.6. The van der Waals surface area contributed by atoms with Crippen LogP contribution in [0.1, 0.15) is 36.2 Å². The number of nitrogens with zero attached hydrogens (tertiary/aromatic N) is 2. The van der Waals surface area contributed by atoms with E-state index in [1.54, 1.807) is 13.3 Å². The molecule has 1 N–H and O–H groups in total. The van der Waals surface area contributed by atoms with Gasteiger partial charge in [-0.25, -0.2) is 0 Å². The first kappa shape index (κ1) is 16.0. The SMILES string of the molecule is CCCn1ncc(OC)c1C(NC)c1ccc(C)cc1Br. The monoisotopic (exact) mass is 351 g/mol. The molecule has 4 nitrogen and oxygen atoms in total. The van der Waals surface area contributed by atoms with Crippen LogP contribution in [0, 0.1) is 6.92 Å². The van der Waals surface area contributed by atoms with Crippen LogP contribution in [0.2, 0.25) is 0 Å². The van der Waals surface area contributed by atoms with Crippen LogP contribution in [0.4, 0.5) is 0 Å². The first-order valence-electron chi connectivity index (χ1n) is 7.15. The largest absolute Gasteiger partial charge is 0.493 e. The van der Waals surface area contributed by atoms with Gasteiger partial charge in [0.2, 0.25) is 0 Å². The van der Waals surface area contributed by atoms with E-state index in [0.717, 1.165) is 28.9 Å². The molecule has 0 radical (unpaired) electrons. The second-order valence-corrected chi connectivity index (χ2v) is 5.92. The summed E-state index contributed by atoms with van der Waals surface area (Å²) in [5.41, 5.74) is 3.47. The van der Waals surface area contributed by atoms with Crippen molar-refractivity contribution in [3.05, 3.63) is 45.7 Å². The molecule has 1 aromatic carbocycles. The Morgan fingerprint density at radius 3 is 2.76 bits per heavy atom. The fraction of sp³-hybridized carbons (Fsp3) is 0.438. The molecule has 0 saturated heterocycles. The van der Waals surface area contributed by atoms with Crippen molar-refractivity contribution in [1.29, 1.82) is 0 Å². The number of rotatable bonds is 6. The van der Waals surface area contributed by atoms with Crippen molar-refractivity contribution in [1.82, 2.24) is 15.1 Å². The summed E-state index contributed by atoms with van der Waals surface area (Å²) in [6.07, 6.45) is 2.82. The Balaban J connectivity index is 2.52. The van der Waals surface area contributed by atoms with Crippen molar-refractivity contribution in [3.63, 3.8) is 0 Å². The van der Waals surface area contributed by atoms with Gasteiger partial charge in [0.1, 0.15) is 5.69 Å². The molecule has 0 amide bonds. The van der Waals surface area contributed by atoms with Crippen LogP contribution in [0.5, 0.6) is 5.75 Å². The molecule has 0 fully saturated rings. The van der Waals surface area contributed by atoms with Gasteiger partial charge in [0.05, 0.1) is 19.3 Å². The van der Waals surface area contributed by atoms with Crippen LogP contribution >= 0.6 is 15.9 Å². The predicted molar refractivity (Wildman–Crippen MR) is 88.9 cm³/mol. The maximum absolute atomic E-state index is 5.50. The van der Waals surface area contributed by atoms with Crippen LogP contribution in [-0.2, 0) is 6.54 Å². The highest BCUT2D eigenvalue weighted by Crippen LogP contribution is 2.34. The van der Waals surface area contributed by atoms with Crippen molar-refractivity contribution >= 4 is 15.9 Å². The molecule has 0 saturated carbocycles. The van der Waals surface area contributed by atoms with Gasteiger partial charge in [-0.05, 0) is 37.6 Å². The molecule has 1 heterocycles. The fourth-order valence-corrected chi connectivity index (χ4v) is 3.24. The van der Waals surface area contributed by atoms with Crippen molar-refractivity contribution in [2.75, 3.05) is 14.2 Å². The summed E-state index contributed by atoms with van der Waals surface area (Å²) in [7, 11) is 3.65. The summed E-state index contributed by atoms with van der Waals surface area (Å²) in [6.45, 7) is 5.11. The first-order valence-corrected chi connectivity index (χ1v) is 7.94. The van der Waals surface area contributed by atoms with Crippen LogP contribution in [0.15, 0.2) is 28.9 Å². The van der Waals surface area contributed by atoms with Crippen LogP contribution in [-0.4, -0.2) is 23.9 Å². The molecule has 114 valence electrons. The van der Waals surface area contributed by atoms with Crippen molar-refractivity contribution in [2.45, 2.75) is 32.9 Å². The Labute approximate surface area is 134 Å². The van der Waals surface area contributed by atoms with E-state index in [1.807, 2.05) is 11.7 Å². The summed E-state index contributed by atoms with van der Waals surface area (Å²) in [5.74, 6) is 0.815. The summed E-state index contributed by atoms with van der Waals surface area (Å²) < 4.78 is 8.61. The smallest absolute Gasteiger partial charge is 0.161 e. The van der Waals surface area contributed by atoms with Gasteiger partial charge >= 0.3 is 0 Å². The third-order valence-corrected chi connectivity index (χ3v) is 4.22. The third kappa shape index (κ3) is 3.30. The van der Waals surface area contributed by atoms with Gasteiger partial charge in [-0.15, -0.1) is 0 Å². The second-order valence-electron chi connectivity index (χ2n) is 5.07. The third-order valence-electron chi connectivity index (χ3n) is 3.53. The molecule has 0 spiro atoms. The van der Waals surface area contributed by atoms with Gasteiger partial charge in [0, 0.05) is 11.0 Å². The maximum Gasteiger partial charge on any atom is 0.161 e. The van der Waals surface area contributed by atoms with E-state index in [4.69, 9.17) is 4.74 Å². The van der Waals surface area contributed by atoms with Crippen molar-refractivity contribution in [2.24, 2.45) is 0 Å². The van der Waals surface area contributed by atoms with Crippen molar-refractivity contribution in [3.8, 4) is 5.75 Å². The van der Waals surface area contributed by atoms with E-state index in [9.17, 15) is 0 Å². The minimum absolute atomic E-state index is 0.0315. The molecule has 2 rings (SSSR count). The Kier molecular flexibility index (Phi) is 5.42. The van der Waals surface area contributed by atoms with Crippen LogP contribution < -0.4 is 10.1 Å². The van der Waals surface area contributed by atoms with Gasteiger partial charge in [-0.3, -0.25) is 4.68 Å². The topological polar surface area (TPSA) is 39.1 Å². The van der Waals surface area contributed by atoms with E-state index in [-0.39, 0.29) is 6.04 Å². The number of ether oxygens (including phenoxy) is 1. The molecular formula is C16H22BrN3O. The normalized spacial score (nSPS) is 12.4. The number of hydrogen-bond acceptors (Lipinski definition) is 3. The predicted octanol–water partition coefficient (Wildman–Crippen LogP) is 3.68. The molecule has 1 unspecified atom stereocenters. The summed E-state index contributed by atoms with van der Waals surface area (Å²) >= 11 is 3.67. The molecule has 2 aromatic rings. The molecule has 21 heavy (non-hydrogen) atoms. The quantitative estimate of drug-likeness (QED) is 0.862. The van der Waals surface area contributed by atoms with Crippen LogP contribution in [0.25, 0.3) is 0 Å². The number of benzene rings is 1. The first-order chi connectivity index (χ1) is 10.1. The summed E-state index contributed by atoms with van der Waals surface area (Å²) in [5, 5.41) is 7.84. The summed E-state index contributed by atoms with van der Waals surface area (Å²) in [4.78, 5) is 0. The minimum atomic E-state index is 0.0315. The number of halogens is 1. The average Bonchev–Trinajstić information content (AvgIpc) is 2.85. The molecule has 5 heteroatoms. The Bertz CT molecular complexity index is 610. The van der Waals surface area contributed by atoms with E-state index < -0.39 is 0 Å². The Morgan fingerprint density at radius 1 is 1.43 bits per heavy atom. The number of aryl methyl sites for hydroxylation is 2. The fourth-order valence-electron chi connectivity index (χ4n) is 2.52. The zero-order chi connectivity index (χ0) is 15.4. The number of hydrogen-bond donors (Lipinski definition) is 1. The number of nitrogens with one attached hydrogen (secondary N) is 1. The average molecular weight is 352 g/mol. The molecule has 1 aromatic heterocycles. The molecule has 0 aliphatic carbocycles. The highest BCUT2D eigenvalue weighted by Gasteiger charge is 2.23. The van der Waals surface area contributed by atoms with Gasteiger partial charge in [-0.1, -0.05) is 35.0 Å². The standard InChI is InChI=1S/C16H22BrN3O/c1-5-8-20-16(14(21-4)10-19-20)15(18-3)12-7-6-11(2)9-13(12)17/h6-7,9-10,15,18H,5,8H2,1-4H3. The van der Waals surface area contributed by atoms with Gasteiger partial charge in [0.15, 0.2) is 5.75 Å². The summed E-state index contributed by atoms with van der Waals surface area (Å²) in [6, 6.07) is 6.43.